The van der Waals surface area contributed by atoms with Crippen molar-refractivity contribution in [1.29, 1.82) is 0 Å². The highest BCUT2D eigenvalue weighted by Gasteiger charge is 2.35. The zero-order chi connectivity index (χ0) is 15.4. The van der Waals surface area contributed by atoms with Crippen LogP contribution < -0.4 is 5.32 Å². The first-order valence-electron chi connectivity index (χ1n) is 8.31. The zero-order valence-electron chi connectivity index (χ0n) is 13.4. The number of carbonyl (C=O) groups excluding carboxylic acids is 1. The largest absolute Gasteiger partial charge is 0.381 e. The van der Waals surface area contributed by atoms with E-state index in [4.69, 9.17) is 4.74 Å². The number of likely N-dealkylation sites (tertiary alicyclic amines) is 1. The summed E-state index contributed by atoms with van der Waals surface area (Å²) in [6.07, 6.45) is 4.72. The molecule has 5 heteroatoms. The van der Waals surface area contributed by atoms with Gasteiger partial charge in [0, 0.05) is 31.7 Å². The maximum atomic E-state index is 12.4. The summed E-state index contributed by atoms with van der Waals surface area (Å²) in [6.45, 7) is 7.92. The molecule has 1 N–H and O–H groups in total. The van der Waals surface area contributed by atoms with Gasteiger partial charge in [0.2, 0.25) is 0 Å². The second-order valence-corrected chi connectivity index (χ2v) is 7.63. The highest BCUT2D eigenvalue weighted by Crippen LogP contribution is 2.32. The summed E-state index contributed by atoms with van der Waals surface area (Å²) in [4.78, 5) is 15.8. The van der Waals surface area contributed by atoms with Crippen LogP contribution in [0.25, 0.3) is 0 Å². The van der Waals surface area contributed by atoms with Gasteiger partial charge in [0.15, 0.2) is 0 Å². The molecular weight excluding hydrogens is 296 g/mol. The Labute approximate surface area is 136 Å². The van der Waals surface area contributed by atoms with Crippen LogP contribution in [0.15, 0.2) is 11.4 Å². The van der Waals surface area contributed by atoms with Crippen LogP contribution in [-0.2, 0) is 4.74 Å². The van der Waals surface area contributed by atoms with Crippen LogP contribution in [-0.4, -0.2) is 50.2 Å². The number of nitrogens with zero attached hydrogens (tertiary/aromatic N) is 1. The molecule has 3 heterocycles. The van der Waals surface area contributed by atoms with Crippen LogP contribution in [0.1, 0.15) is 40.9 Å². The van der Waals surface area contributed by atoms with Gasteiger partial charge in [-0.15, -0.1) is 11.3 Å². The zero-order valence-corrected chi connectivity index (χ0v) is 14.2. The summed E-state index contributed by atoms with van der Waals surface area (Å²) in [5.41, 5.74) is 1.26. The summed E-state index contributed by atoms with van der Waals surface area (Å²) in [5.74, 6) is 0.0831. The minimum absolute atomic E-state index is 0.0831. The smallest absolute Gasteiger partial charge is 0.261 e. The highest BCUT2D eigenvalue weighted by atomic mass is 32.1. The van der Waals surface area contributed by atoms with Gasteiger partial charge < -0.3 is 15.0 Å². The van der Waals surface area contributed by atoms with Gasteiger partial charge in [-0.05, 0) is 62.7 Å². The Bertz CT molecular complexity index is 503. The van der Waals surface area contributed by atoms with Crippen LogP contribution in [0.4, 0.5) is 0 Å². The fourth-order valence-electron chi connectivity index (χ4n) is 3.56. The van der Waals surface area contributed by atoms with Crippen molar-refractivity contribution in [2.75, 3.05) is 39.4 Å². The lowest BCUT2D eigenvalue weighted by Crippen LogP contribution is -2.48. The van der Waals surface area contributed by atoms with Gasteiger partial charge in [0.1, 0.15) is 0 Å². The first-order chi connectivity index (χ1) is 10.7. The molecule has 0 aromatic carbocycles. The van der Waals surface area contributed by atoms with E-state index in [2.05, 4.69) is 10.2 Å². The Morgan fingerprint density at radius 3 is 2.73 bits per heavy atom. The minimum Gasteiger partial charge on any atom is -0.381 e. The van der Waals surface area contributed by atoms with E-state index in [1.807, 2.05) is 18.4 Å². The van der Waals surface area contributed by atoms with Crippen LogP contribution in [0.3, 0.4) is 0 Å². The van der Waals surface area contributed by atoms with Gasteiger partial charge in [-0.1, -0.05) is 0 Å². The maximum Gasteiger partial charge on any atom is 0.261 e. The average Bonchev–Trinajstić information content (AvgIpc) is 3.17. The topological polar surface area (TPSA) is 41.6 Å². The second kappa shape index (κ2) is 7.11. The number of rotatable bonds is 5. The van der Waals surface area contributed by atoms with Crippen LogP contribution >= 0.6 is 11.3 Å². The second-order valence-electron chi connectivity index (χ2n) is 6.71. The first kappa shape index (κ1) is 16.0. The summed E-state index contributed by atoms with van der Waals surface area (Å²) in [5, 5.41) is 5.18. The first-order valence-corrected chi connectivity index (χ1v) is 9.19. The summed E-state index contributed by atoms with van der Waals surface area (Å²) < 4.78 is 5.56. The lowest BCUT2D eigenvalue weighted by Gasteiger charge is -2.40. The van der Waals surface area contributed by atoms with E-state index in [9.17, 15) is 4.79 Å². The number of amides is 1. The van der Waals surface area contributed by atoms with Crippen LogP contribution in [0, 0.1) is 12.3 Å². The summed E-state index contributed by atoms with van der Waals surface area (Å²) in [6, 6.07) is 2.01. The average molecular weight is 322 g/mol. The van der Waals surface area contributed by atoms with Crippen molar-refractivity contribution < 1.29 is 9.53 Å². The van der Waals surface area contributed by atoms with E-state index in [0.29, 0.717) is 0 Å². The third-order valence-corrected chi connectivity index (χ3v) is 6.02. The third kappa shape index (κ3) is 3.70. The lowest BCUT2D eigenvalue weighted by atomic mass is 9.79. The molecule has 2 aliphatic heterocycles. The predicted molar refractivity (Wildman–Crippen MR) is 89.5 cm³/mol. The van der Waals surface area contributed by atoms with Crippen LogP contribution in [0.5, 0.6) is 0 Å². The molecule has 1 aromatic heterocycles. The SMILES string of the molecule is Cc1ccsc1C(=O)NCC1(CN2CCCC2)CCOCC1. The van der Waals surface area contributed by atoms with Crippen molar-refractivity contribution in [3.63, 3.8) is 0 Å². The van der Waals surface area contributed by atoms with E-state index in [1.54, 1.807) is 0 Å². The molecule has 0 bridgehead atoms. The van der Waals surface area contributed by atoms with Gasteiger partial charge >= 0.3 is 0 Å². The van der Waals surface area contributed by atoms with Crippen molar-refractivity contribution in [1.82, 2.24) is 10.2 Å². The van der Waals surface area contributed by atoms with Gasteiger partial charge in [-0.25, -0.2) is 0 Å². The molecule has 1 amide bonds. The fourth-order valence-corrected chi connectivity index (χ4v) is 4.41. The van der Waals surface area contributed by atoms with Crippen molar-refractivity contribution in [2.45, 2.75) is 32.6 Å². The molecule has 2 aliphatic rings. The highest BCUT2D eigenvalue weighted by molar-refractivity contribution is 7.12. The molecule has 1 aromatic rings. The van der Waals surface area contributed by atoms with Gasteiger partial charge in [0.05, 0.1) is 4.88 Å². The normalized spacial score (nSPS) is 21.9. The minimum atomic E-state index is 0.0831. The molecule has 0 atom stereocenters. The van der Waals surface area contributed by atoms with Crippen LogP contribution in [0.2, 0.25) is 0 Å². The van der Waals surface area contributed by atoms with Gasteiger partial charge in [-0.2, -0.15) is 0 Å². The lowest BCUT2D eigenvalue weighted by molar-refractivity contribution is -0.000612. The molecule has 122 valence electrons. The number of nitrogens with one attached hydrogen (secondary N) is 1. The molecule has 2 fully saturated rings. The molecule has 2 saturated heterocycles. The molecule has 3 rings (SSSR count). The van der Waals surface area contributed by atoms with Crippen molar-refractivity contribution >= 4 is 17.2 Å². The summed E-state index contributed by atoms with van der Waals surface area (Å²) in [7, 11) is 0. The number of hydrogen-bond acceptors (Lipinski definition) is 4. The quantitative estimate of drug-likeness (QED) is 0.906. The molecule has 0 saturated carbocycles. The number of thiophene rings is 1. The van der Waals surface area contributed by atoms with Crippen molar-refractivity contribution in [2.24, 2.45) is 5.41 Å². The fraction of sp³-hybridized carbons (Fsp3) is 0.706. The standard InChI is InChI=1S/C17H26N2O2S/c1-14-4-11-22-15(14)16(20)18-12-17(5-9-21-10-6-17)13-19-7-2-3-8-19/h4,11H,2-3,5-10,12-13H2,1H3,(H,18,20). The Kier molecular flexibility index (Phi) is 5.16. The van der Waals surface area contributed by atoms with Gasteiger partial charge in [0.25, 0.3) is 5.91 Å². The Morgan fingerprint density at radius 1 is 1.36 bits per heavy atom. The van der Waals surface area contributed by atoms with E-state index in [-0.39, 0.29) is 11.3 Å². The number of hydrogen-bond donors (Lipinski definition) is 1. The predicted octanol–water partition coefficient (Wildman–Crippen LogP) is 2.68. The molecule has 22 heavy (non-hydrogen) atoms. The molecule has 0 spiro atoms. The molecule has 4 nitrogen and oxygen atoms in total. The number of carbonyl (C=O) groups is 1. The van der Waals surface area contributed by atoms with Crippen molar-refractivity contribution in [3.05, 3.63) is 21.9 Å². The maximum absolute atomic E-state index is 12.4. The third-order valence-electron chi connectivity index (χ3n) is 5.00. The monoisotopic (exact) mass is 322 g/mol. The summed E-state index contributed by atoms with van der Waals surface area (Å²) >= 11 is 1.53. The number of ether oxygens (including phenoxy) is 1. The van der Waals surface area contributed by atoms with E-state index >= 15 is 0 Å². The van der Waals surface area contributed by atoms with Crippen molar-refractivity contribution in [3.8, 4) is 0 Å². The van der Waals surface area contributed by atoms with E-state index in [0.717, 1.165) is 49.6 Å². The molecule has 0 unspecified atom stereocenters. The molecule has 0 radical (unpaired) electrons. The Hall–Kier alpha value is -0.910. The molecule has 0 aliphatic carbocycles. The number of aryl methyl sites for hydroxylation is 1. The van der Waals surface area contributed by atoms with E-state index in [1.165, 1.54) is 37.3 Å². The van der Waals surface area contributed by atoms with Gasteiger partial charge in [-0.3, -0.25) is 4.79 Å². The van der Waals surface area contributed by atoms with E-state index < -0.39 is 0 Å². The molecular formula is C17H26N2O2S. The Balaban J connectivity index is 1.62. The Morgan fingerprint density at radius 2 is 2.09 bits per heavy atom.